The number of carboxylic acid groups (broad SMARTS) is 2. The summed E-state index contributed by atoms with van der Waals surface area (Å²) in [5.74, 6) is -3.11. The van der Waals surface area contributed by atoms with Crippen LogP contribution in [0, 0.1) is 0 Å². The highest BCUT2D eigenvalue weighted by atomic mass is 16.4. The average Bonchev–Trinajstić information content (AvgIpc) is 2.33. The number of hydrogen-bond acceptors (Lipinski definition) is 4. The molecule has 0 bridgehead atoms. The molecule has 0 spiro atoms. The molecule has 9 nitrogen and oxygen atoms in total. The number of hydrogen-bond donors (Lipinski definition) is 4. The molecule has 114 valence electrons. The second-order valence-corrected chi connectivity index (χ2v) is 4.11. The van der Waals surface area contributed by atoms with E-state index in [2.05, 4.69) is 10.6 Å². The van der Waals surface area contributed by atoms with Crippen molar-refractivity contribution in [3.05, 3.63) is 0 Å². The van der Waals surface area contributed by atoms with E-state index >= 15 is 0 Å². The maximum Gasteiger partial charge on any atom is 0.323 e. The molecule has 0 aromatic carbocycles. The summed E-state index contributed by atoms with van der Waals surface area (Å²) in [4.78, 5) is 45.0. The minimum absolute atomic E-state index is 0.425. The third-order valence-corrected chi connectivity index (χ3v) is 2.22. The van der Waals surface area contributed by atoms with Gasteiger partial charge >= 0.3 is 18.0 Å². The molecule has 1 unspecified atom stereocenters. The molecule has 0 rings (SSSR count). The van der Waals surface area contributed by atoms with Crippen LogP contribution in [-0.2, 0) is 14.4 Å². The predicted octanol–water partition coefficient (Wildman–Crippen LogP) is -0.918. The minimum atomic E-state index is -1.34. The van der Waals surface area contributed by atoms with Crippen LogP contribution in [0.15, 0.2) is 0 Å². The predicted molar refractivity (Wildman–Crippen MR) is 68.1 cm³/mol. The fourth-order valence-electron chi connectivity index (χ4n) is 1.27. The van der Waals surface area contributed by atoms with E-state index in [4.69, 9.17) is 10.2 Å². The third-order valence-electron chi connectivity index (χ3n) is 2.22. The highest BCUT2D eigenvalue weighted by Gasteiger charge is 2.23. The first-order valence-electron chi connectivity index (χ1n) is 6.04. The Labute approximate surface area is 115 Å². The Hall–Kier alpha value is -2.32. The molecule has 0 aliphatic rings. The molecular weight excluding hydrogens is 270 g/mol. The second-order valence-electron chi connectivity index (χ2n) is 4.11. The van der Waals surface area contributed by atoms with Gasteiger partial charge in [0, 0.05) is 6.54 Å². The Morgan fingerprint density at radius 2 is 1.60 bits per heavy atom. The van der Waals surface area contributed by atoms with Crippen molar-refractivity contribution in [2.24, 2.45) is 0 Å². The number of amides is 3. The number of urea groups is 1. The van der Waals surface area contributed by atoms with Gasteiger partial charge in [0.1, 0.15) is 19.1 Å². The Bertz CT molecular complexity index is 368. The summed E-state index contributed by atoms with van der Waals surface area (Å²) in [6.45, 7) is 2.21. The van der Waals surface area contributed by atoms with Crippen molar-refractivity contribution in [3.63, 3.8) is 0 Å². The van der Waals surface area contributed by atoms with Gasteiger partial charge in [-0.05, 0) is 13.3 Å². The topological polar surface area (TPSA) is 136 Å². The zero-order chi connectivity index (χ0) is 15.7. The minimum Gasteiger partial charge on any atom is -0.480 e. The summed E-state index contributed by atoms with van der Waals surface area (Å²) >= 11 is 0. The SMILES string of the molecule is CCCNC(=O)C(C)NC(=O)N(CC(=O)O)CC(=O)O. The van der Waals surface area contributed by atoms with Crippen molar-refractivity contribution < 1.29 is 29.4 Å². The summed E-state index contributed by atoms with van der Waals surface area (Å²) in [5, 5.41) is 22.0. The number of carboxylic acids is 2. The lowest BCUT2D eigenvalue weighted by atomic mass is 10.3. The molecule has 20 heavy (non-hydrogen) atoms. The summed E-state index contributed by atoms with van der Waals surface area (Å²) in [7, 11) is 0. The number of carbonyl (C=O) groups is 4. The Morgan fingerprint density at radius 1 is 1.10 bits per heavy atom. The van der Waals surface area contributed by atoms with Gasteiger partial charge in [-0.3, -0.25) is 14.4 Å². The van der Waals surface area contributed by atoms with Gasteiger partial charge in [-0.2, -0.15) is 0 Å². The maximum absolute atomic E-state index is 11.7. The second kappa shape index (κ2) is 8.73. The summed E-state index contributed by atoms with van der Waals surface area (Å²) in [6.07, 6.45) is 0.733. The fourth-order valence-corrected chi connectivity index (χ4v) is 1.27. The number of nitrogens with one attached hydrogen (secondary N) is 2. The molecule has 0 aromatic rings. The molecule has 4 N–H and O–H groups in total. The lowest BCUT2D eigenvalue weighted by molar-refractivity contribution is -0.140. The van der Waals surface area contributed by atoms with Crippen LogP contribution in [0.2, 0.25) is 0 Å². The molecule has 0 aromatic heterocycles. The van der Waals surface area contributed by atoms with Gasteiger partial charge in [0.15, 0.2) is 0 Å². The number of aliphatic carboxylic acids is 2. The van der Waals surface area contributed by atoms with Crippen LogP contribution in [-0.4, -0.2) is 64.7 Å². The molecular formula is C11H19N3O6. The van der Waals surface area contributed by atoms with Gasteiger partial charge in [-0.1, -0.05) is 6.92 Å². The van der Waals surface area contributed by atoms with Crippen molar-refractivity contribution in [2.45, 2.75) is 26.3 Å². The van der Waals surface area contributed by atoms with E-state index in [0.717, 1.165) is 6.42 Å². The highest BCUT2D eigenvalue weighted by molar-refractivity contribution is 5.89. The molecule has 3 amide bonds. The van der Waals surface area contributed by atoms with Gasteiger partial charge < -0.3 is 25.7 Å². The highest BCUT2D eigenvalue weighted by Crippen LogP contribution is 1.93. The van der Waals surface area contributed by atoms with Gasteiger partial charge in [-0.25, -0.2) is 4.79 Å². The molecule has 0 radical (unpaired) electrons. The van der Waals surface area contributed by atoms with E-state index in [0.29, 0.717) is 11.4 Å². The van der Waals surface area contributed by atoms with E-state index in [1.807, 2.05) is 6.92 Å². The summed E-state index contributed by atoms with van der Waals surface area (Å²) in [6, 6.07) is -1.81. The number of nitrogens with zero attached hydrogens (tertiary/aromatic N) is 1. The smallest absolute Gasteiger partial charge is 0.323 e. The standard InChI is InChI=1S/C11H19N3O6/c1-3-4-12-10(19)7(2)13-11(20)14(5-8(15)16)6-9(17)18/h7H,3-6H2,1-2H3,(H,12,19)(H,13,20)(H,15,16)(H,17,18). The average molecular weight is 289 g/mol. The quantitative estimate of drug-likeness (QED) is 0.456. The van der Waals surface area contributed by atoms with Crippen LogP contribution in [0.5, 0.6) is 0 Å². The zero-order valence-corrected chi connectivity index (χ0v) is 11.4. The van der Waals surface area contributed by atoms with Crippen molar-refractivity contribution in [3.8, 4) is 0 Å². The van der Waals surface area contributed by atoms with Crippen LogP contribution in [0.25, 0.3) is 0 Å². The van der Waals surface area contributed by atoms with E-state index in [1.165, 1.54) is 6.92 Å². The first kappa shape index (κ1) is 17.7. The van der Waals surface area contributed by atoms with Crippen molar-refractivity contribution in [1.29, 1.82) is 0 Å². The molecule has 1 atom stereocenters. The van der Waals surface area contributed by atoms with E-state index in [1.54, 1.807) is 0 Å². The number of carbonyl (C=O) groups excluding carboxylic acids is 2. The maximum atomic E-state index is 11.7. The molecule has 0 aliphatic heterocycles. The van der Waals surface area contributed by atoms with Gasteiger partial charge in [0.05, 0.1) is 0 Å². The van der Waals surface area contributed by atoms with Crippen LogP contribution in [0.3, 0.4) is 0 Å². The Morgan fingerprint density at radius 3 is 2.00 bits per heavy atom. The molecule has 0 fully saturated rings. The lowest BCUT2D eigenvalue weighted by Crippen LogP contribution is -2.52. The Balaban J connectivity index is 4.53. The van der Waals surface area contributed by atoms with Gasteiger partial charge in [-0.15, -0.1) is 0 Å². The first-order chi connectivity index (χ1) is 9.27. The monoisotopic (exact) mass is 289 g/mol. The summed E-state index contributed by atoms with van der Waals surface area (Å²) in [5.41, 5.74) is 0. The fraction of sp³-hybridized carbons (Fsp3) is 0.636. The van der Waals surface area contributed by atoms with Gasteiger partial charge in [0.2, 0.25) is 5.91 Å². The van der Waals surface area contributed by atoms with Crippen molar-refractivity contribution in [1.82, 2.24) is 15.5 Å². The normalized spacial score (nSPS) is 11.3. The first-order valence-corrected chi connectivity index (χ1v) is 6.04. The third kappa shape index (κ3) is 7.19. The van der Waals surface area contributed by atoms with Crippen LogP contribution < -0.4 is 10.6 Å². The molecule has 9 heteroatoms. The summed E-state index contributed by atoms with van der Waals surface area (Å²) < 4.78 is 0. The molecule has 0 saturated carbocycles. The van der Waals surface area contributed by atoms with E-state index < -0.39 is 43.0 Å². The number of rotatable bonds is 8. The Kier molecular flexibility index (Phi) is 7.71. The lowest BCUT2D eigenvalue weighted by Gasteiger charge is -2.21. The van der Waals surface area contributed by atoms with Crippen LogP contribution in [0.1, 0.15) is 20.3 Å². The molecule has 0 saturated heterocycles. The van der Waals surface area contributed by atoms with Gasteiger partial charge in [0.25, 0.3) is 0 Å². The van der Waals surface area contributed by atoms with Crippen LogP contribution in [0.4, 0.5) is 4.79 Å². The molecule has 0 aliphatic carbocycles. The van der Waals surface area contributed by atoms with E-state index in [-0.39, 0.29) is 0 Å². The van der Waals surface area contributed by atoms with Crippen molar-refractivity contribution >= 4 is 23.9 Å². The zero-order valence-electron chi connectivity index (χ0n) is 11.4. The van der Waals surface area contributed by atoms with Crippen molar-refractivity contribution in [2.75, 3.05) is 19.6 Å². The van der Waals surface area contributed by atoms with Crippen LogP contribution >= 0.6 is 0 Å². The molecule has 0 heterocycles. The van der Waals surface area contributed by atoms with E-state index in [9.17, 15) is 19.2 Å². The largest absolute Gasteiger partial charge is 0.480 e.